The summed E-state index contributed by atoms with van der Waals surface area (Å²) in [6, 6.07) is 2.32. The maximum atomic E-state index is 12.8. The molecular weight excluding hydrogens is 288 g/mol. The van der Waals surface area contributed by atoms with Crippen LogP contribution in [0.2, 0.25) is 0 Å². The molecule has 0 aromatic heterocycles. The molecule has 1 aromatic carbocycles. The van der Waals surface area contributed by atoms with Gasteiger partial charge < -0.3 is 10.1 Å². The van der Waals surface area contributed by atoms with Crippen LogP contribution in [-0.2, 0) is 35.2 Å². The first kappa shape index (κ1) is 15.2. The van der Waals surface area contributed by atoms with E-state index in [-0.39, 0.29) is 11.9 Å². The predicted octanol–water partition coefficient (Wildman–Crippen LogP) is 2.32. The molecule has 1 saturated heterocycles. The van der Waals surface area contributed by atoms with Crippen molar-refractivity contribution in [3.8, 4) is 0 Å². The predicted molar refractivity (Wildman–Crippen MR) is 91.0 cm³/mol. The van der Waals surface area contributed by atoms with Crippen LogP contribution in [0.15, 0.2) is 6.07 Å². The number of nitrogens with zero attached hydrogens (tertiary/aromatic N) is 1. The first-order valence-corrected chi connectivity index (χ1v) is 9.03. The van der Waals surface area contributed by atoms with Crippen molar-refractivity contribution < 1.29 is 9.53 Å². The van der Waals surface area contributed by atoms with Gasteiger partial charge in [0.1, 0.15) is 0 Å². The monoisotopic (exact) mass is 314 g/mol. The van der Waals surface area contributed by atoms with E-state index in [0.717, 1.165) is 44.8 Å². The third-order valence-corrected chi connectivity index (χ3v) is 5.69. The first-order valence-electron chi connectivity index (χ1n) is 9.03. The van der Waals surface area contributed by atoms with E-state index in [9.17, 15) is 4.79 Å². The number of carbonyl (C=O) groups is 1. The summed E-state index contributed by atoms with van der Waals surface area (Å²) in [5.41, 5.74) is 6.93. The molecule has 4 heteroatoms. The molecule has 1 amide bonds. The van der Waals surface area contributed by atoms with Crippen molar-refractivity contribution in [1.29, 1.82) is 0 Å². The van der Waals surface area contributed by atoms with E-state index in [1.165, 1.54) is 47.9 Å². The molecule has 4 nitrogen and oxygen atoms in total. The Kier molecular flexibility index (Phi) is 4.12. The lowest BCUT2D eigenvalue weighted by molar-refractivity contribution is -0.122. The number of rotatable bonds is 3. The summed E-state index contributed by atoms with van der Waals surface area (Å²) < 4.78 is 5.40. The molecule has 2 aliphatic carbocycles. The van der Waals surface area contributed by atoms with Crippen LogP contribution in [0, 0.1) is 0 Å². The second kappa shape index (κ2) is 6.25. The molecule has 124 valence electrons. The van der Waals surface area contributed by atoms with Crippen molar-refractivity contribution >= 4 is 11.6 Å². The molecule has 0 radical (unpaired) electrons. The lowest BCUT2D eigenvalue weighted by Gasteiger charge is -2.31. The normalized spacial score (nSPS) is 21.8. The topological polar surface area (TPSA) is 41.6 Å². The average Bonchev–Trinajstić information content (AvgIpc) is 3.23. The molecule has 1 heterocycles. The van der Waals surface area contributed by atoms with Crippen LogP contribution in [0.3, 0.4) is 0 Å². The molecule has 4 rings (SSSR count). The number of benzene rings is 1. The zero-order valence-corrected chi connectivity index (χ0v) is 14.0. The van der Waals surface area contributed by atoms with Gasteiger partial charge in [-0.3, -0.25) is 9.69 Å². The quantitative estimate of drug-likeness (QED) is 0.931. The molecule has 3 aliphatic rings. The fourth-order valence-corrected chi connectivity index (χ4v) is 4.33. The lowest BCUT2D eigenvalue weighted by atomic mass is 9.98. The molecule has 1 aromatic rings. The number of ether oxygens (including phenoxy) is 1. The van der Waals surface area contributed by atoms with E-state index in [1.807, 2.05) is 6.92 Å². The Balaban J connectivity index is 1.58. The largest absolute Gasteiger partial charge is 0.379 e. The van der Waals surface area contributed by atoms with Crippen LogP contribution >= 0.6 is 0 Å². The highest BCUT2D eigenvalue weighted by Gasteiger charge is 2.28. The Morgan fingerprint density at radius 1 is 1.09 bits per heavy atom. The van der Waals surface area contributed by atoms with Gasteiger partial charge in [-0.25, -0.2) is 0 Å². The fraction of sp³-hybridized carbons (Fsp3) is 0.632. The minimum atomic E-state index is -0.0896. The second-order valence-electron chi connectivity index (χ2n) is 7.05. The summed E-state index contributed by atoms with van der Waals surface area (Å²) in [4.78, 5) is 15.0. The summed E-state index contributed by atoms with van der Waals surface area (Å²) in [7, 11) is 0. The molecule has 23 heavy (non-hydrogen) atoms. The van der Waals surface area contributed by atoms with Crippen molar-refractivity contribution in [2.75, 3.05) is 31.6 Å². The Morgan fingerprint density at radius 2 is 1.70 bits per heavy atom. The average molecular weight is 314 g/mol. The maximum absolute atomic E-state index is 12.8. The summed E-state index contributed by atoms with van der Waals surface area (Å²) >= 11 is 0. The number of hydrogen-bond donors (Lipinski definition) is 1. The van der Waals surface area contributed by atoms with Gasteiger partial charge in [0.05, 0.1) is 19.3 Å². The molecule has 1 aliphatic heterocycles. The highest BCUT2D eigenvalue weighted by Crippen LogP contribution is 2.38. The van der Waals surface area contributed by atoms with E-state index in [2.05, 4.69) is 16.3 Å². The summed E-state index contributed by atoms with van der Waals surface area (Å²) in [5, 5.41) is 3.32. The Labute approximate surface area is 138 Å². The third-order valence-electron chi connectivity index (χ3n) is 5.69. The van der Waals surface area contributed by atoms with Gasteiger partial charge in [-0.15, -0.1) is 0 Å². The van der Waals surface area contributed by atoms with Crippen molar-refractivity contribution in [1.82, 2.24) is 4.90 Å². The summed E-state index contributed by atoms with van der Waals surface area (Å²) in [5.74, 6) is 0.140. The number of carbonyl (C=O) groups excluding carboxylic acids is 1. The smallest absolute Gasteiger partial charge is 0.241 e. The number of fused-ring (bicyclic) bond motifs is 2. The number of aryl methyl sites for hydroxylation is 2. The van der Waals surface area contributed by atoms with Crippen LogP contribution in [0.25, 0.3) is 0 Å². The zero-order valence-electron chi connectivity index (χ0n) is 14.0. The van der Waals surface area contributed by atoms with Gasteiger partial charge in [0, 0.05) is 18.8 Å². The van der Waals surface area contributed by atoms with E-state index in [1.54, 1.807) is 0 Å². The van der Waals surface area contributed by atoms with Crippen molar-refractivity contribution in [3.05, 3.63) is 28.3 Å². The van der Waals surface area contributed by atoms with Crippen LogP contribution in [0.5, 0.6) is 0 Å². The number of anilines is 1. The molecule has 1 fully saturated rings. The fourth-order valence-electron chi connectivity index (χ4n) is 4.33. The minimum Gasteiger partial charge on any atom is -0.379 e. The summed E-state index contributed by atoms with van der Waals surface area (Å²) in [6.45, 7) is 5.17. The van der Waals surface area contributed by atoms with E-state index in [4.69, 9.17) is 4.74 Å². The van der Waals surface area contributed by atoms with Crippen LogP contribution in [-0.4, -0.2) is 43.2 Å². The van der Waals surface area contributed by atoms with Crippen molar-refractivity contribution in [2.24, 2.45) is 0 Å². The maximum Gasteiger partial charge on any atom is 0.241 e. The van der Waals surface area contributed by atoms with Crippen LogP contribution in [0.1, 0.15) is 42.0 Å². The van der Waals surface area contributed by atoms with Crippen LogP contribution in [0.4, 0.5) is 5.69 Å². The van der Waals surface area contributed by atoms with E-state index >= 15 is 0 Å². The molecule has 0 bridgehead atoms. The standard InChI is InChI=1S/C19H26N2O2/c1-13(21-8-10-23-11-9-21)19(22)20-18-16-6-2-4-14(16)12-15-5-3-7-17(15)18/h12-13H,2-11H2,1H3,(H,20,22)/t13-/m0/s1. The molecule has 0 spiro atoms. The third kappa shape index (κ3) is 2.79. The number of hydrogen-bond acceptors (Lipinski definition) is 3. The Morgan fingerprint density at radius 3 is 2.30 bits per heavy atom. The van der Waals surface area contributed by atoms with Gasteiger partial charge in [-0.2, -0.15) is 0 Å². The Bertz CT molecular complexity index is 588. The first-order chi connectivity index (χ1) is 11.2. The number of nitrogens with one attached hydrogen (secondary N) is 1. The minimum absolute atomic E-state index is 0.0896. The van der Waals surface area contributed by atoms with Crippen molar-refractivity contribution in [2.45, 2.75) is 51.5 Å². The highest BCUT2D eigenvalue weighted by molar-refractivity contribution is 5.96. The van der Waals surface area contributed by atoms with Crippen molar-refractivity contribution in [3.63, 3.8) is 0 Å². The van der Waals surface area contributed by atoms with E-state index in [0.29, 0.717) is 0 Å². The second-order valence-corrected chi connectivity index (χ2v) is 7.05. The molecule has 1 atom stereocenters. The van der Waals surface area contributed by atoms with Gasteiger partial charge in [-0.1, -0.05) is 6.07 Å². The van der Waals surface area contributed by atoms with Gasteiger partial charge in [-0.05, 0) is 67.7 Å². The van der Waals surface area contributed by atoms with Gasteiger partial charge in [0.15, 0.2) is 0 Å². The molecule has 0 saturated carbocycles. The van der Waals surface area contributed by atoms with Gasteiger partial charge >= 0.3 is 0 Å². The summed E-state index contributed by atoms with van der Waals surface area (Å²) in [6.07, 6.45) is 7.02. The zero-order chi connectivity index (χ0) is 15.8. The lowest BCUT2D eigenvalue weighted by Crippen LogP contribution is -2.47. The highest BCUT2D eigenvalue weighted by atomic mass is 16.5. The SMILES string of the molecule is C[C@@H](C(=O)Nc1c2c(cc3c1CCC3)CCC2)N1CCOCC1. The molecular formula is C19H26N2O2. The number of amides is 1. The van der Waals surface area contributed by atoms with Gasteiger partial charge in [0.2, 0.25) is 5.91 Å². The molecule has 0 unspecified atom stereocenters. The molecule has 1 N–H and O–H groups in total. The van der Waals surface area contributed by atoms with E-state index < -0.39 is 0 Å². The van der Waals surface area contributed by atoms with Crippen LogP contribution < -0.4 is 5.32 Å². The van der Waals surface area contributed by atoms with Gasteiger partial charge in [0.25, 0.3) is 0 Å². The Hall–Kier alpha value is -1.39. The number of morpholine rings is 1.